The van der Waals surface area contributed by atoms with Gasteiger partial charge >= 0.3 is 0 Å². The third-order valence-corrected chi connectivity index (χ3v) is 5.32. The molecule has 2 aromatic rings. The number of nitrogens with one attached hydrogen (secondary N) is 1. The summed E-state index contributed by atoms with van der Waals surface area (Å²) in [7, 11) is 0. The predicted molar refractivity (Wildman–Crippen MR) is 98.4 cm³/mol. The minimum atomic E-state index is 0.0333. The highest BCUT2D eigenvalue weighted by Crippen LogP contribution is 2.25. The molecule has 24 heavy (non-hydrogen) atoms. The smallest absolute Gasteiger partial charge is 0.0594 e. The Bertz CT molecular complexity index is 611. The topological polar surface area (TPSA) is 42.3 Å². The predicted octanol–water partition coefficient (Wildman–Crippen LogP) is 2.86. The van der Waals surface area contributed by atoms with E-state index in [4.69, 9.17) is 4.74 Å². The molecule has 0 amide bonds. The lowest BCUT2D eigenvalue weighted by molar-refractivity contribution is 0.0168. The zero-order valence-corrected chi connectivity index (χ0v) is 15.7. The minimum absolute atomic E-state index is 0.0333. The summed E-state index contributed by atoms with van der Waals surface area (Å²) in [5, 5.41) is 10.3. The van der Waals surface area contributed by atoms with Crippen LogP contribution < -0.4 is 5.32 Å². The molecule has 3 heterocycles. The zero-order chi connectivity index (χ0) is 17.0. The number of rotatable bonds is 6. The molecule has 0 aliphatic carbocycles. The van der Waals surface area contributed by atoms with E-state index in [1.807, 2.05) is 22.2 Å². The largest absolute Gasteiger partial charge is 0.379 e. The van der Waals surface area contributed by atoms with Crippen molar-refractivity contribution in [1.29, 1.82) is 0 Å². The number of morpholine rings is 1. The summed E-state index contributed by atoms with van der Waals surface area (Å²) in [6.07, 6.45) is 4.11. The fourth-order valence-electron chi connectivity index (χ4n) is 2.95. The van der Waals surface area contributed by atoms with Crippen molar-refractivity contribution >= 4 is 11.3 Å². The molecule has 1 saturated heterocycles. The van der Waals surface area contributed by atoms with Gasteiger partial charge in [-0.25, -0.2) is 0 Å². The Labute approximate surface area is 148 Å². The molecule has 6 heteroatoms. The van der Waals surface area contributed by atoms with Crippen molar-refractivity contribution in [3.8, 4) is 0 Å². The number of thiophene rings is 1. The molecular weight excluding hydrogens is 320 g/mol. The lowest BCUT2D eigenvalue weighted by Gasteiger charge is -2.34. The number of ether oxygens (including phenoxy) is 1. The Morgan fingerprint density at radius 2 is 2.12 bits per heavy atom. The van der Waals surface area contributed by atoms with Gasteiger partial charge in [-0.05, 0) is 32.2 Å². The van der Waals surface area contributed by atoms with Gasteiger partial charge in [0.15, 0.2) is 0 Å². The van der Waals surface area contributed by atoms with Gasteiger partial charge in [-0.3, -0.25) is 9.58 Å². The monoisotopic (exact) mass is 348 g/mol. The van der Waals surface area contributed by atoms with Gasteiger partial charge < -0.3 is 10.1 Å². The molecule has 0 bridgehead atoms. The normalized spacial score (nSPS) is 18.0. The van der Waals surface area contributed by atoms with Crippen LogP contribution in [-0.4, -0.2) is 47.5 Å². The summed E-state index contributed by atoms with van der Waals surface area (Å²) in [6.45, 7) is 12.0. The van der Waals surface area contributed by atoms with Crippen LogP contribution in [0.2, 0.25) is 0 Å². The zero-order valence-electron chi connectivity index (χ0n) is 14.9. The molecule has 1 N–H and O–H groups in total. The molecule has 1 aliphatic heterocycles. The summed E-state index contributed by atoms with van der Waals surface area (Å²) in [5.74, 6) is 0. The summed E-state index contributed by atoms with van der Waals surface area (Å²) in [5.41, 5.74) is 1.27. The van der Waals surface area contributed by atoms with Crippen molar-refractivity contribution in [3.05, 3.63) is 40.3 Å². The molecule has 1 unspecified atom stereocenters. The van der Waals surface area contributed by atoms with Crippen molar-refractivity contribution in [1.82, 2.24) is 20.0 Å². The first-order valence-corrected chi connectivity index (χ1v) is 9.52. The quantitative estimate of drug-likeness (QED) is 0.872. The molecule has 3 rings (SSSR count). The van der Waals surface area contributed by atoms with Gasteiger partial charge in [0.2, 0.25) is 0 Å². The first kappa shape index (κ1) is 17.6. The fraction of sp³-hybridized carbons (Fsp3) is 0.611. The molecule has 0 radical (unpaired) electrons. The van der Waals surface area contributed by atoms with E-state index in [2.05, 4.69) is 59.8 Å². The van der Waals surface area contributed by atoms with Gasteiger partial charge in [-0.2, -0.15) is 5.10 Å². The first-order valence-electron chi connectivity index (χ1n) is 8.64. The van der Waals surface area contributed by atoms with Crippen LogP contribution >= 0.6 is 11.3 Å². The van der Waals surface area contributed by atoms with Gasteiger partial charge in [0.05, 0.1) is 31.0 Å². The lowest BCUT2D eigenvalue weighted by Crippen LogP contribution is -2.42. The molecular formula is C18H28N4OS. The number of hydrogen-bond acceptors (Lipinski definition) is 5. The van der Waals surface area contributed by atoms with Crippen LogP contribution in [0.1, 0.15) is 37.3 Å². The van der Waals surface area contributed by atoms with Gasteiger partial charge in [0, 0.05) is 42.8 Å². The van der Waals surface area contributed by atoms with Crippen molar-refractivity contribution in [3.63, 3.8) is 0 Å². The number of nitrogens with zero attached hydrogens (tertiary/aromatic N) is 3. The molecule has 1 fully saturated rings. The second-order valence-electron chi connectivity index (χ2n) is 7.27. The van der Waals surface area contributed by atoms with Crippen LogP contribution in [0, 0.1) is 0 Å². The third kappa shape index (κ3) is 4.45. The van der Waals surface area contributed by atoms with E-state index < -0.39 is 0 Å². The van der Waals surface area contributed by atoms with Crippen LogP contribution in [0.4, 0.5) is 0 Å². The highest BCUT2D eigenvalue weighted by molar-refractivity contribution is 7.10. The summed E-state index contributed by atoms with van der Waals surface area (Å²) in [4.78, 5) is 3.95. The molecule has 0 saturated carbocycles. The standard InChI is InChI=1S/C18H28N4OS/c1-18(2,3)22-14-15(12-20-22)11-19-13-16(17-5-4-10-24-17)21-6-8-23-9-7-21/h4-5,10,12,14,16,19H,6-9,11,13H2,1-3H3. The number of hydrogen-bond donors (Lipinski definition) is 1. The second kappa shape index (κ2) is 7.78. The summed E-state index contributed by atoms with van der Waals surface area (Å²) >= 11 is 1.84. The average molecular weight is 349 g/mol. The van der Waals surface area contributed by atoms with E-state index >= 15 is 0 Å². The Morgan fingerprint density at radius 1 is 1.33 bits per heavy atom. The Balaban J connectivity index is 1.58. The Kier molecular flexibility index (Phi) is 5.71. The fourth-order valence-corrected chi connectivity index (χ4v) is 3.81. The van der Waals surface area contributed by atoms with Crippen molar-refractivity contribution in [2.24, 2.45) is 0 Å². The number of aromatic nitrogens is 2. The SMILES string of the molecule is CC(C)(C)n1cc(CNCC(c2cccs2)N2CCOCC2)cn1. The van der Waals surface area contributed by atoms with E-state index in [-0.39, 0.29) is 5.54 Å². The van der Waals surface area contributed by atoms with E-state index in [1.54, 1.807) is 0 Å². The Morgan fingerprint density at radius 3 is 2.75 bits per heavy atom. The maximum atomic E-state index is 5.51. The van der Waals surface area contributed by atoms with Gasteiger partial charge in [-0.15, -0.1) is 11.3 Å². The van der Waals surface area contributed by atoms with E-state index in [0.29, 0.717) is 6.04 Å². The summed E-state index contributed by atoms with van der Waals surface area (Å²) < 4.78 is 7.54. The Hall–Kier alpha value is -1.21. The highest BCUT2D eigenvalue weighted by Gasteiger charge is 2.23. The van der Waals surface area contributed by atoms with Crippen LogP contribution in [0.3, 0.4) is 0 Å². The van der Waals surface area contributed by atoms with Gasteiger partial charge in [-0.1, -0.05) is 6.07 Å². The van der Waals surface area contributed by atoms with E-state index in [1.165, 1.54) is 10.4 Å². The maximum absolute atomic E-state index is 5.51. The van der Waals surface area contributed by atoms with Gasteiger partial charge in [0.1, 0.15) is 0 Å². The van der Waals surface area contributed by atoms with Crippen LogP contribution in [-0.2, 0) is 16.8 Å². The molecule has 1 aliphatic rings. The van der Waals surface area contributed by atoms with Crippen LogP contribution in [0.15, 0.2) is 29.9 Å². The van der Waals surface area contributed by atoms with Crippen molar-refractivity contribution in [2.75, 3.05) is 32.8 Å². The third-order valence-electron chi connectivity index (χ3n) is 4.35. The average Bonchev–Trinajstić information content (AvgIpc) is 3.23. The van der Waals surface area contributed by atoms with E-state index in [0.717, 1.165) is 39.4 Å². The van der Waals surface area contributed by atoms with Crippen LogP contribution in [0.25, 0.3) is 0 Å². The summed E-state index contributed by atoms with van der Waals surface area (Å²) in [6, 6.07) is 4.80. The highest BCUT2D eigenvalue weighted by atomic mass is 32.1. The lowest BCUT2D eigenvalue weighted by atomic mass is 10.1. The molecule has 132 valence electrons. The molecule has 0 aromatic carbocycles. The molecule has 0 spiro atoms. The maximum Gasteiger partial charge on any atom is 0.0594 e. The van der Waals surface area contributed by atoms with Gasteiger partial charge in [0.25, 0.3) is 0 Å². The van der Waals surface area contributed by atoms with E-state index in [9.17, 15) is 0 Å². The van der Waals surface area contributed by atoms with Crippen molar-refractivity contribution < 1.29 is 4.74 Å². The van der Waals surface area contributed by atoms with Crippen molar-refractivity contribution in [2.45, 2.75) is 38.9 Å². The second-order valence-corrected chi connectivity index (χ2v) is 8.25. The first-order chi connectivity index (χ1) is 11.5. The minimum Gasteiger partial charge on any atom is -0.379 e. The van der Waals surface area contributed by atoms with Crippen LogP contribution in [0.5, 0.6) is 0 Å². The molecule has 2 aromatic heterocycles. The molecule has 1 atom stereocenters. The molecule has 5 nitrogen and oxygen atoms in total.